The summed E-state index contributed by atoms with van der Waals surface area (Å²) in [6.07, 6.45) is 1.44. The van der Waals surface area contributed by atoms with E-state index in [1.54, 1.807) is 31.4 Å². The van der Waals surface area contributed by atoms with E-state index in [2.05, 4.69) is 10.2 Å². The number of non-ortho nitro benzene ring substituents is 1. The molecule has 1 heterocycles. The van der Waals surface area contributed by atoms with Gasteiger partial charge in [-0.1, -0.05) is 23.9 Å². The van der Waals surface area contributed by atoms with Crippen LogP contribution in [0.3, 0.4) is 0 Å². The van der Waals surface area contributed by atoms with Crippen LogP contribution in [0.4, 0.5) is 5.69 Å². The van der Waals surface area contributed by atoms with E-state index in [0.717, 1.165) is 17.5 Å². The molecule has 150 valence electrons. The molecule has 0 fully saturated rings. The Bertz CT molecular complexity index is 1140. The standard InChI is InChI=1S/C18H15N3O6S2/c1-26-15-5-2-4-13(12-15)17-19-20-18(27-17)28-10-3-11-29(24,25)16-8-6-14(7-9-16)21(22)23/h2-9,11-12H,10H2,1H3/b11-3+. The van der Waals surface area contributed by atoms with Crippen LogP contribution in [0.2, 0.25) is 0 Å². The summed E-state index contributed by atoms with van der Waals surface area (Å²) in [5.41, 5.74) is 0.534. The minimum atomic E-state index is -3.70. The number of aromatic nitrogens is 2. The average Bonchev–Trinajstić information content (AvgIpc) is 3.20. The van der Waals surface area contributed by atoms with Crippen LogP contribution in [0.5, 0.6) is 5.75 Å². The van der Waals surface area contributed by atoms with Crippen LogP contribution >= 0.6 is 11.8 Å². The van der Waals surface area contributed by atoms with Crippen LogP contribution in [0.15, 0.2) is 74.6 Å². The van der Waals surface area contributed by atoms with E-state index in [9.17, 15) is 18.5 Å². The second kappa shape index (κ2) is 8.88. The van der Waals surface area contributed by atoms with Gasteiger partial charge in [0.05, 0.1) is 16.9 Å². The van der Waals surface area contributed by atoms with Crippen LogP contribution in [-0.4, -0.2) is 36.4 Å². The van der Waals surface area contributed by atoms with E-state index in [4.69, 9.17) is 9.15 Å². The molecule has 0 unspecified atom stereocenters. The Morgan fingerprint density at radius 1 is 1.21 bits per heavy atom. The van der Waals surface area contributed by atoms with Crippen molar-refractivity contribution in [1.29, 1.82) is 0 Å². The molecule has 2 aromatic carbocycles. The molecule has 0 aliphatic rings. The Kier molecular flexibility index (Phi) is 6.29. The summed E-state index contributed by atoms with van der Waals surface area (Å²) in [6, 6.07) is 11.9. The molecule has 9 nitrogen and oxygen atoms in total. The maximum absolute atomic E-state index is 12.2. The van der Waals surface area contributed by atoms with Crippen molar-refractivity contribution in [2.24, 2.45) is 0 Å². The SMILES string of the molecule is COc1cccc(-c2nnc(SC/C=C/S(=O)(=O)c3ccc([N+](=O)[O-])cc3)o2)c1. The second-order valence-corrected chi connectivity index (χ2v) is 8.39. The van der Waals surface area contributed by atoms with E-state index in [0.29, 0.717) is 22.4 Å². The Balaban J connectivity index is 1.61. The quantitative estimate of drug-likeness (QED) is 0.297. The number of benzene rings is 2. The molecule has 0 amide bonds. The minimum absolute atomic E-state index is 0.0255. The number of nitro groups is 1. The Labute approximate surface area is 170 Å². The van der Waals surface area contributed by atoms with Crippen LogP contribution in [0.1, 0.15) is 0 Å². The maximum Gasteiger partial charge on any atom is 0.277 e. The first-order chi connectivity index (χ1) is 13.9. The third kappa shape index (κ3) is 5.21. The van der Waals surface area contributed by atoms with Crippen molar-refractivity contribution >= 4 is 27.3 Å². The van der Waals surface area contributed by atoms with Gasteiger partial charge in [0.1, 0.15) is 5.75 Å². The van der Waals surface area contributed by atoms with Gasteiger partial charge in [0.2, 0.25) is 5.89 Å². The first-order valence-corrected chi connectivity index (χ1v) is 10.7. The van der Waals surface area contributed by atoms with Gasteiger partial charge in [-0.25, -0.2) is 8.42 Å². The molecule has 0 radical (unpaired) electrons. The molecular formula is C18H15N3O6S2. The highest BCUT2D eigenvalue weighted by Crippen LogP contribution is 2.26. The molecule has 0 bridgehead atoms. The molecule has 1 aromatic heterocycles. The highest BCUT2D eigenvalue weighted by atomic mass is 32.2. The molecule has 0 aliphatic carbocycles. The van der Waals surface area contributed by atoms with Crippen LogP contribution in [-0.2, 0) is 9.84 Å². The maximum atomic E-state index is 12.2. The number of thioether (sulfide) groups is 1. The van der Waals surface area contributed by atoms with Crippen molar-refractivity contribution in [2.75, 3.05) is 12.9 Å². The van der Waals surface area contributed by atoms with Crippen LogP contribution < -0.4 is 4.74 Å². The molecule has 0 spiro atoms. The van der Waals surface area contributed by atoms with E-state index >= 15 is 0 Å². The predicted octanol–water partition coefficient (Wildman–Crippen LogP) is 3.73. The lowest BCUT2D eigenvalue weighted by atomic mass is 10.2. The number of hydrogen-bond acceptors (Lipinski definition) is 9. The van der Waals surface area contributed by atoms with Gasteiger partial charge in [0, 0.05) is 28.9 Å². The lowest BCUT2D eigenvalue weighted by Gasteiger charge is -2.00. The highest BCUT2D eigenvalue weighted by molar-refractivity contribution is 7.99. The van der Waals surface area contributed by atoms with Gasteiger partial charge in [0.25, 0.3) is 10.9 Å². The van der Waals surface area contributed by atoms with Crippen LogP contribution in [0.25, 0.3) is 11.5 Å². The van der Waals surface area contributed by atoms with Gasteiger partial charge < -0.3 is 9.15 Å². The second-order valence-electron chi connectivity index (χ2n) is 5.58. The van der Waals surface area contributed by atoms with Crippen molar-refractivity contribution in [3.05, 3.63) is 70.1 Å². The van der Waals surface area contributed by atoms with E-state index in [1.807, 2.05) is 0 Å². The smallest absolute Gasteiger partial charge is 0.277 e. The van der Waals surface area contributed by atoms with Gasteiger partial charge in [-0.2, -0.15) is 0 Å². The van der Waals surface area contributed by atoms with Gasteiger partial charge in [-0.05, 0) is 30.3 Å². The number of nitrogens with zero attached hydrogens (tertiary/aromatic N) is 3. The first-order valence-electron chi connectivity index (χ1n) is 8.16. The summed E-state index contributed by atoms with van der Waals surface area (Å²) < 4.78 is 35.2. The molecular weight excluding hydrogens is 418 g/mol. The Morgan fingerprint density at radius 3 is 2.66 bits per heavy atom. The van der Waals surface area contributed by atoms with Gasteiger partial charge >= 0.3 is 0 Å². The molecule has 0 saturated carbocycles. The topological polar surface area (TPSA) is 125 Å². The van der Waals surface area contributed by atoms with E-state index < -0.39 is 14.8 Å². The van der Waals surface area contributed by atoms with Gasteiger partial charge in [0.15, 0.2) is 9.84 Å². The molecule has 0 saturated heterocycles. The number of hydrogen-bond donors (Lipinski definition) is 0. The molecule has 3 aromatic rings. The molecule has 3 rings (SSSR count). The highest BCUT2D eigenvalue weighted by Gasteiger charge is 2.13. The van der Waals surface area contributed by atoms with Crippen molar-refractivity contribution in [2.45, 2.75) is 10.1 Å². The zero-order valence-electron chi connectivity index (χ0n) is 15.1. The largest absolute Gasteiger partial charge is 0.497 e. The average molecular weight is 433 g/mol. The fraction of sp³-hybridized carbons (Fsp3) is 0.111. The third-order valence-corrected chi connectivity index (χ3v) is 5.93. The van der Waals surface area contributed by atoms with Crippen molar-refractivity contribution in [3.8, 4) is 17.2 Å². The van der Waals surface area contributed by atoms with Crippen molar-refractivity contribution in [3.63, 3.8) is 0 Å². The zero-order valence-corrected chi connectivity index (χ0v) is 16.7. The number of sulfone groups is 1. The van der Waals surface area contributed by atoms with Gasteiger partial charge in [-0.3, -0.25) is 10.1 Å². The zero-order chi connectivity index (χ0) is 20.9. The fourth-order valence-electron chi connectivity index (χ4n) is 2.26. The molecule has 11 heteroatoms. The Hall–Kier alpha value is -3.18. The van der Waals surface area contributed by atoms with E-state index in [-0.39, 0.29) is 16.3 Å². The Morgan fingerprint density at radius 2 is 1.97 bits per heavy atom. The van der Waals surface area contributed by atoms with Crippen molar-refractivity contribution in [1.82, 2.24) is 10.2 Å². The number of ether oxygens (including phenoxy) is 1. The summed E-state index contributed by atoms with van der Waals surface area (Å²) in [5.74, 6) is 1.27. The number of methoxy groups -OCH3 is 1. The fourth-order valence-corrected chi connectivity index (χ4v) is 3.98. The summed E-state index contributed by atoms with van der Waals surface area (Å²) >= 11 is 1.18. The van der Waals surface area contributed by atoms with Crippen molar-refractivity contribution < 1.29 is 22.5 Å². The summed E-state index contributed by atoms with van der Waals surface area (Å²) in [5, 5.41) is 19.9. The monoisotopic (exact) mass is 433 g/mol. The normalized spacial score (nSPS) is 11.6. The molecule has 0 N–H and O–H groups in total. The summed E-state index contributed by atoms with van der Waals surface area (Å²) in [4.78, 5) is 10.0. The van der Waals surface area contributed by atoms with Crippen LogP contribution in [0, 0.1) is 10.1 Å². The lowest BCUT2D eigenvalue weighted by Crippen LogP contribution is -1.97. The molecule has 0 atom stereocenters. The minimum Gasteiger partial charge on any atom is -0.497 e. The molecule has 0 aliphatic heterocycles. The van der Waals surface area contributed by atoms with Gasteiger partial charge in [-0.15, -0.1) is 10.2 Å². The first kappa shape index (κ1) is 20.6. The lowest BCUT2D eigenvalue weighted by molar-refractivity contribution is -0.384. The number of nitro benzene ring substituents is 1. The third-order valence-electron chi connectivity index (χ3n) is 3.68. The molecule has 29 heavy (non-hydrogen) atoms. The summed E-state index contributed by atoms with van der Waals surface area (Å²) in [6.45, 7) is 0. The number of rotatable bonds is 8. The van der Waals surface area contributed by atoms with E-state index in [1.165, 1.54) is 30.0 Å². The summed E-state index contributed by atoms with van der Waals surface area (Å²) in [7, 11) is -2.14. The predicted molar refractivity (Wildman–Crippen MR) is 106 cm³/mol.